The molecule has 0 bridgehead atoms. The maximum absolute atomic E-state index is 11.9. The van der Waals surface area contributed by atoms with Gasteiger partial charge in [0.2, 0.25) is 5.60 Å². The van der Waals surface area contributed by atoms with Crippen molar-refractivity contribution in [2.24, 2.45) is 0 Å². The maximum atomic E-state index is 11.9. The van der Waals surface area contributed by atoms with E-state index in [0.29, 0.717) is 0 Å². The molecular weight excluding hydrogens is 515 g/mol. The van der Waals surface area contributed by atoms with Gasteiger partial charge in [0, 0.05) is 0 Å². The lowest BCUT2D eigenvalue weighted by Gasteiger charge is -2.24. The molecule has 0 saturated carbocycles. The van der Waals surface area contributed by atoms with Crippen molar-refractivity contribution in [2.75, 3.05) is 12.3 Å². The molecule has 2 aromatic rings. The number of rotatable bonds is 8. The summed E-state index contributed by atoms with van der Waals surface area (Å²) < 4.78 is 52.0. The number of nitriles is 1. The van der Waals surface area contributed by atoms with Gasteiger partial charge in [0.05, 0.1) is 12.3 Å². The number of nitrogens with two attached hydrogens (primary N) is 1. The number of anilines is 1. The molecule has 0 radical (unpaired) electrons. The van der Waals surface area contributed by atoms with Crippen molar-refractivity contribution in [3.8, 4) is 6.07 Å². The van der Waals surface area contributed by atoms with E-state index in [1.165, 1.54) is 12.1 Å². The van der Waals surface area contributed by atoms with E-state index in [1.807, 2.05) is 0 Å². The smallest absolute Gasteiger partial charge is 0.387 e. The Balaban J connectivity index is 1.80. The summed E-state index contributed by atoms with van der Waals surface area (Å²) in [7, 11) is -16.9. The summed E-state index contributed by atoms with van der Waals surface area (Å²) >= 11 is 0. The second kappa shape index (κ2) is 8.77. The molecule has 33 heavy (non-hydrogen) atoms. The first kappa shape index (κ1) is 25.8. The highest BCUT2D eigenvalue weighted by atomic mass is 31.3. The lowest BCUT2D eigenvalue weighted by atomic mass is 9.92. The number of phosphoric ester groups is 1. The van der Waals surface area contributed by atoms with E-state index < -0.39 is 54.0 Å². The van der Waals surface area contributed by atoms with Crippen LogP contribution in [-0.4, -0.2) is 69.3 Å². The molecule has 0 amide bonds. The Bertz CT molecular complexity index is 1240. The van der Waals surface area contributed by atoms with Crippen LogP contribution in [0.5, 0.6) is 0 Å². The van der Waals surface area contributed by atoms with Crippen LogP contribution < -0.4 is 5.73 Å². The van der Waals surface area contributed by atoms with Crippen molar-refractivity contribution in [1.29, 1.82) is 5.26 Å². The second-order valence-corrected chi connectivity index (χ2v) is 10.9. The van der Waals surface area contributed by atoms with Gasteiger partial charge in [-0.1, -0.05) is 0 Å². The van der Waals surface area contributed by atoms with E-state index in [-0.39, 0.29) is 17.0 Å². The monoisotopic (exact) mass is 531 g/mol. The Morgan fingerprint density at radius 2 is 1.85 bits per heavy atom. The Morgan fingerprint density at radius 3 is 2.45 bits per heavy atom. The van der Waals surface area contributed by atoms with E-state index in [1.54, 1.807) is 6.07 Å². The van der Waals surface area contributed by atoms with Gasteiger partial charge in [-0.2, -0.15) is 19.0 Å². The van der Waals surface area contributed by atoms with Gasteiger partial charge in [0.25, 0.3) is 0 Å². The fourth-order valence-corrected chi connectivity index (χ4v) is 6.05. The molecule has 3 rings (SSSR count). The zero-order chi connectivity index (χ0) is 24.8. The van der Waals surface area contributed by atoms with Crippen molar-refractivity contribution >= 4 is 34.8 Å². The predicted octanol–water partition coefficient (Wildman–Crippen LogP) is -1.51. The Labute approximate surface area is 183 Å². The molecular formula is C12H16N5O13P3. The van der Waals surface area contributed by atoms with Crippen molar-refractivity contribution in [3.63, 3.8) is 0 Å². The summed E-state index contributed by atoms with van der Waals surface area (Å²) in [6, 6.07) is 4.42. The molecule has 8 N–H and O–H groups in total. The van der Waals surface area contributed by atoms with Gasteiger partial charge in [-0.05, 0) is 12.1 Å². The maximum Gasteiger partial charge on any atom is 0.490 e. The number of aliphatic hydroxyl groups excluding tert-OH is 2. The Kier molecular flexibility index (Phi) is 6.86. The normalized spacial score (nSPS) is 29.4. The minimum absolute atomic E-state index is 0.0292. The van der Waals surface area contributed by atoms with Crippen molar-refractivity contribution in [2.45, 2.75) is 23.9 Å². The van der Waals surface area contributed by atoms with Gasteiger partial charge in [-0.3, -0.25) is 4.52 Å². The third kappa shape index (κ3) is 5.32. The van der Waals surface area contributed by atoms with Crippen LogP contribution in [0.2, 0.25) is 0 Å². The summed E-state index contributed by atoms with van der Waals surface area (Å²) in [6.07, 6.45) is -4.44. The molecule has 0 aliphatic carbocycles. The van der Waals surface area contributed by atoms with Gasteiger partial charge in [-0.25, -0.2) is 23.2 Å². The van der Waals surface area contributed by atoms with E-state index >= 15 is 0 Å². The van der Waals surface area contributed by atoms with E-state index in [2.05, 4.69) is 23.2 Å². The highest BCUT2D eigenvalue weighted by Gasteiger charge is 2.58. The average Bonchev–Trinajstić information content (AvgIpc) is 3.20. The molecule has 2 unspecified atom stereocenters. The molecule has 1 fully saturated rings. The molecule has 1 saturated heterocycles. The predicted molar refractivity (Wildman–Crippen MR) is 101 cm³/mol. The Hall–Kier alpha value is -1.80. The first-order chi connectivity index (χ1) is 15.1. The zero-order valence-electron chi connectivity index (χ0n) is 15.9. The molecule has 18 nitrogen and oxygen atoms in total. The molecule has 21 heteroatoms. The molecule has 6 atom stereocenters. The summed E-state index contributed by atoms with van der Waals surface area (Å²) in [5.41, 5.74) is 3.61. The number of aromatic nitrogens is 3. The topological polar surface area (TPSA) is 290 Å². The van der Waals surface area contributed by atoms with Crippen LogP contribution in [0.15, 0.2) is 18.5 Å². The van der Waals surface area contributed by atoms with Crippen LogP contribution in [0.25, 0.3) is 5.52 Å². The molecule has 0 spiro atoms. The van der Waals surface area contributed by atoms with Crippen molar-refractivity contribution in [3.05, 3.63) is 24.2 Å². The lowest BCUT2D eigenvalue weighted by Crippen LogP contribution is -2.41. The van der Waals surface area contributed by atoms with Gasteiger partial charge in [0.1, 0.15) is 36.2 Å². The number of phosphoric acid groups is 3. The summed E-state index contributed by atoms with van der Waals surface area (Å²) in [4.78, 5) is 39.5. The van der Waals surface area contributed by atoms with E-state index in [9.17, 15) is 34.1 Å². The Morgan fingerprint density at radius 1 is 1.18 bits per heavy atom. The number of hydrogen-bond acceptors (Lipinski definition) is 13. The summed E-state index contributed by atoms with van der Waals surface area (Å²) in [5, 5.41) is 34.5. The molecule has 182 valence electrons. The largest absolute Gasteiger partial charge is 0.490 e. The fraction of sp³-hybridized carbons (Fsp3) is 0.417. The number of aliphatic hydroxyl groups is 2. The summed E-state index contributed by atoms with van der Waals surface area (Å²) in [6.45, 7) is -1.09. The molecule has 1 aliphatic rings. The number of nitrogen functional groups attached to an aromatic ring is 1. The minimum atomic E-state index is -5.76. The third-order valence-corrected chi connectivity index (χ3v) is 8.11. The number of nitrogens with zero attached hydrogens (tertiary/aromatic N) is 4. The van der Waals surface area contributed by atoms with Crippen LogP contribution in [0.3, 0.4) is 0 Å². The van der Waals surface area contributed by atoms with Gasteiger partial charge in [-0.15, -0.1) is 0 Å². The SMILES string of the molecule is N#C[C@@]1(c2ccc3c(N)ncnn23)O[C@H](COP(=O)(O)OP(=O)(O)OP(=O)(O)O)[C@H](O)[C@@H]1O. The molecule has 1 aliphatic heterocycles. The van der Waals surface area contributed by atoms with Crippen LogP contribution in [0, 0.1) is 11.3 Å². The van der Waals surface area contributed by atoms with E-state index in [4.69, 9.17) is 25.2 Å². The highest BCUT2D eigenvalue weighted by molar-refractivity contribution is 7.66. The fourth-order valence-electron chi connectivity index (χ4n) is 3.02. The zero-order valence-corrected chi connectivity index (χ0v) is 18.6. The van der Waals surface area contributed by atoms with Gasteiger partial charge in [0.15, 0.2) is 5.82 Å². The number of ether oxygens (including phenoxy) is 1. The first-order valence-corrected chi connectivity index (χ1v) is 13.0. The van der Waals surface area contributed by atoms with E-state index in [0.717, 1.165) is 10.8 Å². The molecule has 3 heterocycles. The van der Waals surface area contributed by atoms with Gasteiger partial charge >= 0.3 is 23.5 Å². The second-order valence-electron chi connectivity index (χ2n) is 6.49. The number of fused-ring (bicyclic) bond motifs is 1. The van der Waals surface area contributed by atoms with Crippen LogP contribution in [0.4, 0.5) is 5.82 Å². The first-order valence-electron chi connectivity index (χ1n) is 8.43. The summed E-state index contributed by atoms with van der Waals surface area (Å²) in [5.74, 6) is 0.0292. The standard InChI is InChI=1S/C12H16N5O13P3/c13-4-12(8-2-1-6-11(14)15-5-16-17(6)8)10(19)9(18)7(28-12)3-27-32(23,24)30-33(25,26)29-31(20,21)22/h1-2,5,7,9-10,18-19H,3H2,(H,23,24)(H,25,26)(H2,14,15,16)(H2,20,21,22)/t7-,9+,10+,12+/m1/s1. The molecule has 2 aromatic heterocycles. The average molecular weight is 531 g/mol. The quantitative estimate of drug-likeness (QED) is 0.191. The van der Waals surface area contributed by atoms with Crippen LogP contribution in [-0.2, 0) is 37.2 Å². The van der Waals surface area contributed by atoms with Crippen molar-refractivity contribution < 1.29 is 61.4 Å². The van der Waals surface area contributed by atoms with Crippen molar-refractivity contribution in [1.82, 2.24) is 14.6 Å². The highest BCUT2D eigenvalue weighted by Crippen LogP contribution is 2.66. The van der Waals surface area contributed by atoms with Gasteiger partial charge < -0.3 is 40.3 Å². The minimum Gasteiger partial charge on any atom is -0.387 e. The third-order valence-electron chi connectivity index (χ3n) is 4.30. The lowest BCUT2D eigenvalue weighted by molar-refractivity contribution is -0.0634. The van der Waals surface area contributed by atoms with Crippen LogP contribution >= 0.6 is 23.5 Å². The van der Waals surface area contributed by atoms with Crippen LogP contribution in [0.1, 0.15) is 5.69 Å². The molecule has 0 aromatic carbocycles. The number of hydrogen-bond donors (Lipinski definition) is 7.